The SMILES string of the molecule is CCC(C)CC(CC)Nc1cnccc1Cl. The Bertz CT molecular complexity index is 315. The highest BCUT2D eigenvalue weighted by molar-refractivity contribution is 6.33. The minimum Gasteiger partial charge on any atom is -0.380 e. The maximum atomic E-state index is 6.09. The van der Waals surface area contributed by atoms with E-state index in [2.05, 4.69) is 31.1 Å². The van der Waals surface area contributed by atoms with Crippen molar-refractivity contribution < 1.29 is 0 Å². The van der Waals surface area contributed by atoms with Gasteiger partial charge in [0.15, 0.2) is 0 Å². The second-order valence-corrected chi connectivity index (χ2v) is 4.76. The van der Waals surface area contributed by atoms with Crippen molar-refractivity contribution in [3.63, 3.8) is 0 Å². The Morgan fingerprint density at radius 3 is 2.69 bits per heavy atom. The third-order valence-corrected chi connectivity index (χ3v) is 3.33. The molecule has 2 nitrogen and oxygen atoms in total. The van der Waals surface area contributed by atoms with Gasteiger partial charge in [0, 0.05) is 12.2 Å². The largest absolute Gasteiger partial charge is 0.380 e. The summed E-state index contributed by atoms with van der Waals surface area (Å²) in [5.74, 6) is 0.743. The number of hydrogen-bond donors (Lipinski definition) is 1. The van der Waals surface area contributed by atoms with Gasteiger partial charge in [-0.25, -0.2) is 0 Å². The fraction of sp³-hybridized carbons (Fsp3) is 0.615. The van der Waals surface area contributed by atoms with E-state index in [4.69, 9.17) is 11.6 Å². The normalized spacial score (nSPS) is 14.5. The summed E-state index contributed by atoms with van der Waals surface area (Å²) < 4.78 is 0. The lowest BCUT2D eigenvalue weighted by molar-refractivity contribution is 0.462. The first-order valence-electron chi connectivity index (χ1n) is 6.03. The molecule has 0 aromatic carbocycles. The lowest BCUT2D eigenvalue weighted by Gasteiger charge is -2.21. The zero-order valence-corrected chi connectivity index (χ0v) is 11.1. The average Bonchev–Trinajstić information content (AvgIpc) is 2.30. The van der Waals surface area contributed by atoms with E-state index in [0.29, 0.717) is 6.04 Å². The molecule has 1 aromatic heterocycles. The molecule has 1 aromatic rings. The number of nitrogens with one attached hydrogen (secondary N) is 1. The molecule has 16 heavy (non-hydrogen) atoms. The van der Waals surface area contributed by atoms with Gasteiger partial charge in [-0.2, -0.15) is 0 Å². The Morgan fingerprint density at radius 2 is 2.12 bits per heavy atom. The molecule has 0 spiro atoms. The average molecular weight is 241 g/mol. The van der Waals surface area contributed by atoms with Crippen LogP contribution < -0.4 is 5.32 Å². The second kappa shape index (κ2) is 6.74. The van der Waals surface area contributed by atoms with Crippen LogP contribution in [0.2, 0.25) is 5.02 Å². The third kappa shape index (κ3) is 4.01. The zero-order chi connectivity index (χ0) is 12.0. The molecule has 0 amide bonds. The van der Waals surface area contributed by atoms with E-state index >= 15 is 0 Å². The second-order valence-electron chi connectivity index (χ2n) is 4.35. The van der Waals surface area contributed by atoms with Crippen LogP contribution >= 0.6 is 11.6 Å². The van der Waals surface area contributed by atoms with Gasteiger partial charge in [0.1, 0.15) is 0 Å². The minimum atomic E-state index is 0.483. The number of halogens is 1. The van der Waals surface area contributed by atoms with Crippen LogP contribution in [0, 0.1) is 5.92 Å². The molecule has 0 aliphatic rings. The van der Waals surface area contributed by atoms with Gasteiger partial charge in [-0.05, 0) is 24.8 Å². The topological polar surface area (TPSA) is 24.9 Å². The van der Waals surface area contributed by atoms with Crippen LogP contribution in [0.25, 0.3) is 0 Å². The summed E-state index contributed by atoms with van der Waals surface area (Å²) in [5.41, 5.74) is 0.944. The van der Waals surface area contributed by atoms with Crippen LogP contribution in [-0.2, 0) is 0 Å². The van der Waals surface area contributed by atoms with Crippen molar-refractivity contribution in [1.82, 2.24) is 4.98 Å². The first-order chi connectivity index (χ1) is 7.67. The number of anilines is 1. The van der Waals surface area contributed by atoms with E-state index in [1.54, 1.807) is 12.4 Å². The number of hydrogen-bond acceptors (Lipinski definition) is 2. The van der Waals surface area contributed by atoms with Crippen molar-refractivity contribution in [3.05, 3.63) is 23.5 Å². The highest BCUT2D eigenvalue weighted by Crippen LogP contribution is 2.23. The summed E-state index contributed by atoms with van der Waals surface area (Å²) in [5, 5.41) is 4.22. The summed E-state index contributed by atoms with van der Waals surface area (Å²) in [6.07, 6.45) is 7.01. The molecule has 0 aliphatic carbocycles. The summed E-state index contributed by atoms with van der Waals surface area (Å²) >= 11 is 6.09. The molecule has 0 radical (unpaired) electrons. The highest BCUT2D eigenvalue weighted by Gasteiger charge is 2.11. The lowest BCUT2D eigenvalue weighted by atomic mass is 9.98. The molecule has 0 bridgehead atoms. The number of aromatic nitrogens is 1. The van der Waals surface area contributed by atoms with Gasteiger partial charge in [0.2, 0.25) is 0 Å². The van der Waals surface area contributed by atoms with Crippen molar-refractivity contribution >= 4 is 17.3 Å². The van der Waals surface area contributed by atoms with Crippen LogP contribution in [0.4, 0.5) is 5.69 Å². The van der Waals surface area contributed by atoms with Gasteiger partial charge in [0.05, 0.1) is 16.9 Å². The molecule has 3 heteroatoms. The molecule has 2 unspecified atom stereocenters. The Balaban J connectivity index is 2.60. The van der Waals surface area contributed by atoms with E-state index in [1.807, 2.05) is 6.07 Å². The van der Waals surface area contributed by atoms with Crippen molar-refractivity contribution in [1.29, 1.82) is 0 Å². The lowest BCUT2D eigenvalue weighted by Crippen LogP contribution is -2.21. The molecule has 1 heterocycles. The first kappa shape index (κ1) is 13.3. The van der Waals surface area contributed by atoms with Gasteiger partial charge in [-0.15, -0.1) is 0 Å². The predicted octanol–water partition coefficient (Wildman–Crippen LogP) is 4.36. The maximum absolute atomic E-state index is 6.09. The van der Waals surface area contributed by atoms with Gasteiger partial charge < -0.3 is 5.32 Å². The fourth-order valence-electron chi connectivity index (χ4n) is 1.68. The molecule has 1 rings (SSSR count). The first-order valence-corrected chi connectivity index (χ1v) is 6.41. The molecular formula is C13H21ClN2. The summed E-state index contributed by atoms with van der Waals surface area (Å²) in [7, 11) is 0. The van der Waals surface area contributed by atoms with Crippen LogP contribution in [0.15, 0.2) is 18.5 Å². The molecule has 1 N–H and O–H groups in total. The minimum absolute atomic E-state index is 0.483. The highest BCUT2D eigenvalue weighted by atomic mass is 35.5. The summed E-state index contributed by atoms with van der Waals surface area (Å²) in [6, 6.07) is 2.30. The maximum Gasteiger partial charge on any atom is 0.0718 e. The third-order valence-electron chi connectivity index (χ3n) is 3.00. The summed E-state index contributed by atoms with van der Waals surface area (Å²) in [6.45, 7) is 6.72. The van der Waals surface area contributed by atoms with Gasteiger partial charge in [0.25, 0.3) is 0 Å². The molecule has 0 saturated carbocycles. The Morgan fingerprint density at radius 1 is 1.38 bits per heavy atom. The quantitative estimate of drug-likeness (QED) is 0.799. The van der Waals surface area contributed by atoms with Crippen LogP contribution in [0.1, 0.15) is 40.0 Å². The number of pyridine rings is 1. The molecule has 0 fully saturated rings. The molecule has 90 valence electrons. The number of nitrogens with zero attached hydrogens (tertiary/aromatic N) is 1. The smallest absolute Gasteiger partial charge is 0.0718 e. The van der Waals surface area contributed by atoms with Crippen molar-refractivity contribution in [2.75, 3.05) is 5.32 Å². The van der Waals surface area contributed by atoms with Crippen molar-refractivity contribution in [2.24, 2.45) is 5.92 Å². The van der Waals surface area contributed by atoms with Crippen LogP contribution in [0.3, 0.4) is 0 Å². The molecule has 0 saturated heterocycles. The molecule has 2 atom stereocenters. The van der Waals surface area contributed by atoms with Crippen LogP contribution in [-0.4, -0.2) is 11.0 Å². The van der Waals surface area contributed by atoms with Gasteiger partial charge in [-0.1, -0.05) is 38.8 Å². The van der Waals surface area contributed by atoms with Crippen molar-refractivity contribution in [2.45, 2.75) is 46.1 Å². The Kier molecular flexibility index (Phi) is 5.61. The van der Waals surface area contributed by atoms with Crippen LogP contribution in [0.5, 0.6) is 0 Å². The van der Waals surface area contributed by atoms with E-state index in [1.165, 1.54) is 12.8 Å². The van der Waals surface area contributed by atoms with E-state index in [9.17, 15) is 0 Å². The molecular weight excluding hydrogens is 220 g/mol. The summed E-state index contributed by atoms with van der Waals surface area (Å²) in [4.78, 5) is 4.09. The Labute approximate surface area is 103 Å². The predicted molar refractivity (Wildman–Crippen MR) is 71.0 cm³/mol. The van der Waals surface area contributed by atoms with E-state index < -0.39 is 0 Å². The fourth-order valence-corrected chi connectivity index (χ4v) is 1.84. The zero-order valence-electron chi connectivity index (χ0n) is 10.3. The molecule has 0 aliphatic heterocycles. The van der Waals surface area contributed by atoms with E-state index in [0.717, 1.165) is 23.0 Å². The number of rotatable bonds is 6. The standard InChI is InChI=1S/C13H21ClN2/c1-4-10(3)8-11(5-2)16-13-9-15-7-6-12(13)14/h6-7,9-11,16H,4-5,8H2,1-3H3. The Hall–Kier alpha value is -0.760. The van der Waals surface area contributed by atoms with Gasteiger partial charge >= 0.3 is 0 Å². The van der Waals surface area contributed by atoms with Gasteiger partial charge in [-0.3, -0.25) is 4.98 Å². The monoisotopic (exact) mass is 240 g/mol. The van der Waals surface area contributed by atoms with E-state index in [-0.39, 0.29) is 0 Å². The van der Waals surface area contributed by atoms with Crippen molar-refractivity contribution in [3.8, 4) is 0 Å².